The molecule has 1 aromatic carbocycles. The van der Waals surface area contributed by atoms with Crippen molar-refractivity contribution in [2.75, 3.05) is 5.73 Å². The Balaban J connectivity index is 2.62. The Hall–Kier alpha value is -1.48. The first-order chi connectivity index (χ1) is 7.49. The fraction of sp³-hybridized carbons (Fsp3) is 0.250. The molecule has 84 valence electrons. The van der Waals surface area contributed by atoms with Crippen LogP contribution < -0.4 is 5.73 Å². The third-order valence-corrected chi connectivity index (χ3v) is 2.87. The lowest BCUT2D eigenvalue weighted by Gasteiger charge is -2.02. The molecular formula is C12H14ClN3. The van der Waals surface area contributed by atoms with E-state index in [1.807, 2.05) is 33.0 Å². The summed E-state index contributed by atoms with van der Waals surface area (Å²) in [5.74, 6) is 0.688. The highest BCUT2D eigenvalue weighted by Crippen LogP contribution is 2.28. The first-order valence-electron chi connectivity index (χ1n) is 5.05. The Bertz CT molecular complexity index is 523. The van der Waals surface area contributed by atoms with Gasteiger partial charge in [0.25, 0.3) is 0 Å². The summed E-state index contributed by atoms with van der Waals surface area (Å²) in [7, 11) is 1.84. The Morgan fingerprint density at radius 2 is 1.94 bits per heavy atom. The van der Waals surface area contributed by atoms with Gasteiger partial charge < -0.3 is 5.73 Å². The average molecular weight is 236 g/mol. The van der Waals surface area contributed by atoms with Gasteiger partial charge in [0.2, 0.25) is 0 Å². The average Bonchev–Trinajstić information content (AvgIpc) is 2.44. The van der Waals surface area contributed by atoms with Crippen molar-refractivity contribution in [2.45, 2.75) is 13.8 Å². The molecule has 0 aliphatic carbocycles. The quantitative estimate of drug-likeness (QED) is 0.826. The minimum Gasteiger partial charge on any atom is -0.384 e. The first-order valence-corrected chi connectivity index (χ1v) is 5.43. The molecule has 0 atom stereocenters. The molecule has 0 amide bonds. The summed E-state index contributed by atoms with van der Waals surface area (Å²) in [6.07, 6.45) is 0. The summed E-state index contributed by atoms with van der Waals surface area (Å²) in [4.78, 5) is 0. The molecule has 0 radical (unpaired) electrons. The predicted octanol–water partition coefficient (Wildman–Crippen LogP) is 2.94. The molecular weight excluding hydrogens is 222 g/mol. The van der Waals surface area contributed by atoms with E-state index in [1.165, 1.54) is 0 Å². The van der Waals surface area contributed by atoms with Crippen molar-refractivity contribution in [3.05, 3.63) is 34.3 Å². The lowest BCUT2D eigenvalue weighted by atomic mass is 10.1. The number of anilines is 1. The van der Waals surface area contributed by atoms with Crippen molar-refractivity contribution in [1.29, 1.82) is 0 Å². The summed E-state index contributed by atoms with van der Waals surface area (Å²) in [5, 5.41) is 5.12. The topological polar surface area (TPSA) is 43.8 Å². The maximum atomic E-state index is 6.03. The van der Waals surface area contributed by atoms with Crippen molar-refractivity contribution in [3.8, 4) is 11.3 Å². The summed E-state index contributed by atoms with van der Waals surface area (Å²) in [6.45, 7) is 3.98. The molecule has 0 spiro atoms. The van der Waals surface area contributed by atoms with Crippen LogP contribution in [0.1, 0.15) is 11.1 Å². The molecule has 0 fully saturated rings. The van der Waals surface area contributed by atoms with E-state index in [9.17, 15) is 0 Å². The monoisotopic (exact) mass is 235 g/mol. The van der Waals surface area contributed by atoms with Gasteiger partial charge in [0.1, 0.15) is 5.82 Å². The van der Waals surface area contributed by atoms with E-state index in [2.05, 4.69) is 11.2 Å². The minimum absolute atomic E-state index is 0.688. The van der Waals surface area contributed by atoms with Gasteiger partial charge in [0, 0.05) is 23.2 Å². The van der Waals surface area contributed by atoms with Crippen molar-refractivity contribution >= 4 is 17.4 Å². The van der Waals surface area contributed by atoms with Gasteiger partial charge in [0.05, 0.1) is 5.69 Å². The fourth-order valence-corrected chi connectivity index (χ4v) is 2.08. The maximum absolute atomic E-state index is 6.03. The Kier molecular flexibility index (Phi) is 2.64. The number of rotatable bonds is 1. The van der Waals surface area contributed by atoms with Crippen LogP contribution in [0.15, 0.2) is 18.2 Å². The zero-order chi connectivity index (χ0) is 11.9. The van der Waals surface area contributed by atoms with E-state index >= 15 is 0 Å². The summed E-state index contributed by atoms with van der Waals surface area (Å²) >= 11 is 6.03. The number of nitrogens with zero attached hydrogens (tertiary/aromatic N) is 2. The highest BCUT2D eigenvalue weighted by Gasteiger charge is 2.12. The molecule has 2 rings (SSSR count). The molecule has 0 bridgehead atoms. The molecule has 4 heteroatoms. The molecule has 0 saturated carbocycles. The second-order valence-electron chi connectivity index (χ2n) is 4.00. The smallest absolute Gasteiger partial charge is 0.124 e. The number of hydrogen-bond acceptors (Lipinski definition) is 2. The van der Waals surface area contributed by atoms with E-state index in [0.29, 0.717) is 5.82 Å². The van der Waals surface area contributed by atoms with Crippen LogP contribution in [0.3, 0.4) is 0 Å². The Labute approximate surface area is 99.8 Å². The second-order valence-corrected chi connectivity index (χ2v) is 4.44. The van der Waals surface area contributed by atoms with Gasteiger partial charge in [-0.3, -0.25) is 4.68 Å². The predicted molar refractivity (Wildman–Crippen MR) is 67.5 cm³/mol. The van der Waals surface area contributed by atoms with E-state index < -0.39 is 0 Å². The molecule has 16 heavy (non-hydrogen) atoms. The molecule has 0 aliphatic rings. The van der Waals surface area contributed by atoms with E-state index in [-0.39, 0.29) is 0 Å². The summed E-state index contributed by atoms with van der Waals surface area (Å²) < 4.78 is 1.68. The van der Waals surface area contributed by atoms with E-state index in [0.717, 1.165) is 27.4 Å². The lowest BCUT2D eigenvalue weighted by molar-refractivity contribution is 0.782. The van der Waals surface area contributed by atoms with Crippen LogP contribution in [0.2, 0.25) is 5.02 Å². The number of benzene rings is 1. The van der Waals surface area contributed by atoms with Gasteiger partial charge in [-0.15, -0.1) is 0 Å². The zero-order valence-electron chi connectivity index (χ0n) is 9.58. The van der Waals surface area contributed by atoms with Gasteiger partial charge in [0.15, 0.2) is 0 Å². The third kappa shape index (κ3) is 1.78. The number of hydrogen-bond donors (Lipinski definition) is 1. The highest BCUT2D eigenvalue weighted by atomic mass is 35.5. The lowest BCUT2D eigenvalue weighted by Crippen LogP contribution is -1.97. The number of nitrogens with two attached hydrogens (primary N) is 1. The molecule has 1 heterocycles. The third-order valence-electron chi connectivity index (χ3n) is 2.65. The Morgan fingerprint density at radius 3 is 2.44 bits per heavy atom. The molecule has 2 N–H and O–H groups in total. The van der Waals surface area contributed by atoms with Crippen LogP contribution in [0, 0.1) is 13.8 Å². The fourth-order valence-electron chi connectivity index (χ4n) is 1.79. The van der Waals surface area contributed by atoms with Crippen molar-refractivity contribution in [2.24, 2.45) is 7.05 Å². The van der Waals surface area contributed by atoms with Gasteiger partial charge in [-0.1, -0.05) is 11.6 Å². The van der Waals surface area contributed by atoms with Crippen molar-refractivity contribution in [1.82, 2.24) is 9.78 Å². The van der Waals surface area contributed by atoms with Crippen LogP contribution in [0.25, 0.3) is 11.3 Å². The second kappa shape index (κ2) is 3.83. The number of halogens is 1. The molecule has 3 nitrogen and oxygen atoms in total. The molecule has 0 aliphatic heterocycles. The van der Waals surface area contributed by atoms with E-state index in [1.54, 1.807) is 4.68 Å². The molecule has 2 aromatic rings. The summed E-state index contributed by atoms with van der Waals surface area (Å²) in [6, 6.07) is 5.89. The molecule has 0 unspecified atom stereocenters. The first kappa shape index (κ1) is 11.0. The maximum Gasteiger partial charge on any atom is 0.124 e. The van der Waals surface area contributed by atoms with Crippen molar-refractivity contribution in [3.63, 3.8) is 0 Å². The van der Waals surface area contributed by atoms with Gasteiger partial charge >= 0.3 is 0 Å². The van der Waals surface area contributed by atoms with Crippen LogP contribution in [0.4, 0.5) is 5.82 Å². The number of nitrogen functional groups attached to an aromatic ring is 1. The normalized spacial score (nSPS) is 10.8. The zero-order valence-corrected chi connectivity index (χ0v) is 10.3. The van der Waals surface area contributed by atoms with Gasteiger partial charge in [-0.05, 0) is 37.6 Å². The number of aryl methyl sites for hydroxylation is 2. The van der Waals surface area contributed by atoms with E-state index in [4.69, 9.17) is 17.3 Å². The highest BCUT2D eigenvalue weighted by molar-refractivity contribution is 6.30. The van der Waals surface area contributed by atoms with Crippen LogP contribution in [0.5, 0.6) is 0 Å². The largest absolute Gasteiger partial charge is 0.384 e. The summed E-state index contributed by atoms with van der Waals surface area (Å²) in [5.41, 5.74) is 9.89. The van der Waals surface area contributed by atoms with Gasteiger partial charge in [-0.2, -0.15) is 5.10 Å². The van der Waals surface area contributed by atoms with Crippen molar-refractivity contribution < 1.29 is 0 Å². The Morgan fingerprint density at radius 1 is 1.25 bits per heavy atom. The van der Waals surface area contributed by atoms with Crippen LogP contribution >= 0.6 is 11.6 Å². The SMILES string of the molecule is Cc1cc(Cl)cc(-c2nn(C)c(N)c2C)c1. The standard InChI is InChI=1S/C12H14ClN3/c1-7-4-9(6-10(13)5-7)11-8(2)12(14)16(3)15-11/h4-6H,14H2,1-3H3. The van der Waals surface area contributed by atoms with Crippen LogP contribution in [-0.2, 0) is 7.05 Å². The minimum atomic E-state index is 0.688. The molecule has 0 saturated heterocycles. The molecule has 1 aromatic heterocycles. The van der Waals surface area contributed by atoms with Crippen LogP contribution in [-0.4, -0.2) is 9.78 Å². The van der Waals surface area contributed by atoms with Gasteiger partial charge in [-0.25, -0.2) is 0 Å². The number of aromatic nitrogens is 2.